The second-order valence-electron chi connectivity index (χ2n) is 4.61. The Morgan fingerprint density at radius 2 is 2.00 bits per heavy atom. The fourth-order valence-corrected chi connectivity index (χ4v) is 2.40. The van der Waals surface area contributed by atoms with Crippen LogP contribution in [0, 0.1) is 12.7 Å². The summed E-state index contributed by atoms with van der Waals surface area (Å²) in [6.45, 7) is 1.98. The highest BCUT2D eigenvalue weighted by Crippen LogP contribution is 2.27. The van der Waals surface area contributed by atoms with Crippen LogP contribution in [0.4, 0.5) is 10.1 Å². The molecular weight excluding hydrogens is 337 g/mol. The molecule has 0 radical (unpaired) electrons. The zero-order valence-electron chi connectivity index (χ0n) is 11.1. The van der Waals surface area contributed by atoms with Gasteiger partial charge in [-0.3, -0.25) is 0 Å². The van der Waals surface area contributed by atoms with Gasteiger partial charge in [-0.25, -0.2) is 4.39 Å². The van der Waals surface area contributed by atoms with Crippen LogP contribution in [0.3, 0.4) is 0 Å². The monoisotopic (exact) mass is 347 g/mol. The van der Waals surface area contributed by atoms with E-state index in [-0.39, 0.29) is 5.69 Å². The van der Waals surface area contributed by atoms with Gasteiger partial charge in [0.15, 0.2) is 5.82 Å². The Balaban J connectivity index is 2.17. The van der Waals surface area contributed by atoms with Crippen molar-refractivity contribution in [2.75, 3.05) is 5.73 Å². The van der Waals surface area contributed by atoms with E-state index in [4.69, 9.17) is 5.73 Å². The molecule has 0 aliphatic heterocycles. The molecule has 0 unspecified atom stereocenters. The molecule has 7 heteroatoms. The Morgan fingerprint density at radius 3 is 2.76 bits per heavy atom. The first-order valence-electron chi connectivity index (χ1n) is 6.16. The van der Waals surface area contributed by atoms with E-state index < -0.39 is 5.82 Å². The molecule has 0 atom stereocenters. The summed E-state index contributed by atoms with van der Waals surface area (Å²) >= 11 is 3.47. The standard InChI is InChI=1S/C14H11BrFN5/c1-8-2-4-10(15)13(6-8)21-14(18-19-20-21)9-3-5-12(17)11(16)7-9/h2-7H,17H2,1H3. The number of hydrogen-bond acceptors (Lipinski definition) is 4. The number of halogens is 2. The molecule has 1 aromatic heterocycles. The number of tetrazole rings is 1. The summed E-state index contributed by atoms with van der Waals surface area (Å²) in [5.74, 6) is -0.0504. The Bertz CT molecular complexity index is 815. The molecule has 0 amide bonds. The minimum atomic E-state index is -0.495. The zero-order chi connectivity index (χ0) is 15.0. The molecule has 106 valence electrons. The summed E-state index contributed by atoms with van der Waals surface area (Å²) in [7, 11) is 0. The number of aryl methyl sites for hydroxylation is 1. The predicted molar refractivity (Wildman–Crippen MR) is 81.4 cm³/mol. The molecule has 0 saturated carbocycles. The molecule has 0 aliphatic carbocycles. The molecule has 0 bridgehead atoms. The summed E-state index contributed by atoms with van der Waals surface area (Å²) in [6, 6.07) is 10.3. The van der Waals surface area contributed by atoms with Crippen LogP contribution in [-0.2, 0) is 0 Å². The average molecular weight is 348 g/mol. The molecule has 21 heavy (non-hydrogen) atoms. The van der Waals surface area contributed by atoms with Gasteiger partial charge in [0, 0.05) is 10.0 Å². The lowest BCUT2D eigenvalue weighted by Gasteiger charge is -2.08. The molecule has 2 N–H and O–H groups in total. The molecule has 3 aromatic rings. The highest BCUT2D eigenvalue weighted by molar-refractivity contribution is 9.10. The minimum Gasteiger partial charge on any atom is -0.396 e. The van der Waals surface area contributed by atoms with Crippen molar-refractivity contribution < 1.29 is 4.39 Å². The van der Waals surface area contributed by atoms with Crippen molar-refractivity contribution in [2.24, 2.45) is 0 Å². The maximum absolute atomic E-state index is 13.6. The van der Waals surface area contributed by atoms with Crippen LogP contribution in [0.25, 0.3) is 17.1 Å². The Hall–Kier alpha value is -2.28. The number of hydrogen-bond donors (Lipinski definition) is 1. The normalized spacial score (nSPS) is 10.8. The van der Waals surface area contributed by atoms with Crippen LogP contribution >= 0.6 is 15.9 Å². The smallest absolute Gasteiger partial charge is 0.187 e. The van der Waals surface area contributed by atoms with E-state index >= 15 is 0 Å². The van der Waals surface area contributed by atoms with E-state index in [1.807, 2.05) is 25.1 Å². The fraction of sp³-hybridized carbons (Fsp3) is 0.0714. The molecule has 3 rings (SSSR count). The van der Waals surface area contributed by atoms with Crippen molar-refractivity contribution in [3.8, 4) is 17.1 Å². The van der Waals surface area contributed by atoms with Gasteiger partial charge in [-0.1, -0.05) is 6.07 Å². The summed E-state index contributed by atoms with van der Waals surface area (Å²) in [5, 5.41) is 11.7. The van der Waals surface area contributed by atoms with Gasteiger partial charge < -0.3 is 5.73 Å². The topological polar surface area (TPSA) is 69.6 Å². The summed E-state index contributed by atoms with van der Waals surface area (Å²) in [5.41, 5.74) is 7.99. The average Bonchev–Trinajstić information content (AvgIpc) is 2.93. The molecular formula is C14H11BrFN5. The lowest BCUT2D eigenvalue weighted by Crippen LogP contribution is -2.02. The van der Waals surface area contributed by atoms with Gasteiger partial charge in [0.25, 0.3) is 0 Å². The third-order valence-corrected chi connectivity index (χ3v) is 3.73. The molecule has 1 heterocycles. The predicted octanol–water partition coefficient (Wildman–Crippen LogP) is 3.12. The molecule has 2 aromatic carbocycles. The number of benzene rings is 2. The van der Waals surface area contributed by atoms with Crippen LogP contribution in [0.15, 0.2) is 40.9 Å². The fourth-order valence-electron chi connectivity index (χ4n) is 1.98. The summed E-state index contributed by atoms with van der Waals surface area (Å²) in [6.07, 6.45) is 0. The first-order valence-corrected chi connectivity index (χ1v) is 6.96. The van der Waals surface area contributed by atoms with Gasteiger partial charge in [-0.15, -0.1) is 5.10 Å². The Labute approximate surface area is 128 Å². The van der Waals surface area contributed by atoms with E-state index in [0.717, 1.165) is 15.7 Å². The largest absolute Gasteiger partial charge is 0.396 e. The van der Waals surface area contributed by atoms with Gasteiger partial charge in [-0.2, -0.15) is 4.68 Å². The van der Waals surface area contributed by atoms with Crippen molar-refractivity contribution >= 4 is 21.6 Å². The van der Waals surface area contributed by atoms with Crippen molar-refractivity contribution in [3.63, 3.8) is 0 Å². The van der Waals surface area contributed by atoms with E-state index in [0.29, 0.717) is 11.4 Å². The third kappa shape index (κ3) is 2.52. The number of nitrogens with two attached hydrogens (primary N) is 1. The summed E-state index contributed by atoms with van der Waals surface area (Å²) < 4.78 is 16.0. The van der Waals surface area contributed by atoms with Crippen molar-refractivity contribution in [1.29, 1.82) is 0 Å². The van der Waals surface area contributed by atoms with E-state index in [1.54, 1.807) is 10.7 Å². The molecule has 0 fully saturated rings. The van der Waals surface area contributed by atoms with Gasteiger partial charge in [-0.05, 0) is 69.2 Å². The zero-order valence-corrected chi connectivity index (χ0v) is 12.7. The highest BCUT2D eigenvalue weighted by atomic mass is 79.9. The van der Waals surface area contributed by atoms with Crippen molar-refractivity contribution in [3.05, 3.63) is 52.3 Å². The highest BCUT2D eigenvalue weighted by Gasteiger charge is 2.14. The molecule has 0 saturated heterocycles. The number of nitrogens with zero attached hydrogens (tertiary/aromatic N) is 4. The first-order chi connectivity index (χ1) is 10.1. The number of rotatable bonds is 2. The molecule has 5 nitrogen and oxygen atoms in total. The maximum atomic E-state index is 13.6. The Kier molecular flexibility index (Phi) is 3.42. The summed E-state index contributed by atoms with van der Waals surface area (Å²) in [4.78, 5) is 0. The van der Waals surface area contributed by atoms with Gasteiger partial charge in [0.1, 0.15) is 5.82 Å². The number of anilines is 1. The molecule has 0 spiro atoms. The first kappa shape index (κ1) is 13.7. The number of aromatic nitrogens is 4. The van der Waals surface area contributed by atoms with Crippen LogP contribution in [-0.4, -0.2) is 20.2 Å². The second kappa shape index (κ2) is 5.25. The van der Waals surface area contributed by atoms with E-state index in [9.17, 15) is 4.39 Å². The van der Waals surface area contributed by atoms with Crippen LogP contribution in [0.5, 0.6) is 0 Å². The van der Waals surface area contributed by atoms with E-state index in [1.165, 1.54) is 12.1 Å². The Morgan fingerprint density at radius 1 is 1.19 bits per heavy atom. The maximum Gasteiger partial charge on any atom is 0.187 e. The quantitative estimate of drug-likeness (QED) is 0.723. The van der Waals surface area contributed by atoms with Gasteiger partial charge in [0.2, 0.25) is 0 Å². The van der Waals surface area contributed by atoms with Crippen molar-refractivity contribution in [1.82, 2.24) is 20.2 Å². The van der Waals surface area contributed by atoms with Crippen LogP contribution in [0.1, 0.15) is 5.56 Å². The third-order valence-electron chi connectivity index (χ3n) is 3.06. The lowest BCUT2D eigenvalue weighted by molar-refractivity contribution is 0.632. The second-order valence-corrected chi connectivity index (χ2v) is 5.46. The minimum absolute atomic E-state index is 0.0921. The lowest BCUT2D eigenvalue weighted by atomic mass is 10.1. The van der Waals surface area contributed by atoms with Crippen molar-refractivity contribution in [2.45, 2.75) is 6.92 Å². The van der Waals surface area contributed by atoms with Gasteiger partial charge >= 0.3 is 0 Å². The SMILES string of the molecule is Cc1ccc(Br)c(-n2nnnc2-c2ccc(N)c(F)c2)c1. The van der Waals surface area contributed by atoms with E-state index in [2.05, 4.69) is 31.5 Å². The van der Waals surface area contributed by atoms with Crippen LogP contribution in [0.2, 0.25) is 0 Å². The van der Waals surface area contributed by atoms with Crippen LogP contribution < -0.4 is 5.73 Å². The van der Waals surface area contributed by atoms with Gasteiger partial charge in [0.05, 0.1) is 11.4 Å². The number of nitrogen functional groups attached to an aromatic ring is 1. The molecule has 0 aliphatic rings.